The van der Waals surface area contributed by atoms with Gasteiger partial charge < -0.3 is 14.2 Å². The van der Waals surface area contributed by atoms with Crippen molar-refractivity contribution >= 4 is 27.5 Å². The van der Waals surface area contributed by atoms with Gasteiger partial charge in [-0.3, -0.25) is 9.52 Å². The topological polar surface area (TPSA) is 108 Å². The van der Waals surface area contributed by atoms with E-state index in [-0.39, 0.29) is 21.7 Å². The van der Waals surface area contributed by atoms with E-state index in [0.29, 0.717) is 24.7 Å². The molecule has 1 aliphatic heterocycles. The molecule has 0 radical (unpaired) electrons. The number of sulfonamides is 1. The van der Waals surface area contributed by atoms with Crippen molar-refractivity contribution in [3.8, 4) is 11.5 Å². The molecule has 1 aliphatic rings. The first-order valence-electron chi connectivity index (χ1n) is 9.81. The Hall–Kier alpha value is -3.92. The highest BCUT2D eigenvalue weighted by molar-refractivity contribution is 7.92. The van der Waals surface area contributed by atoms with Crippen molar-refractivity contribution in [2.24, 2.45) is 0 Å². The van der Waals surface area contributed by atoms with Crippen molar-refractivity contribution in [2.75, 3.05) is 24.5 Å². The SMILES string of the molecule is O=C(COC(=O)c1ccccc1NS(=O)(=O)c1ccc2c(c1)OCCO2)c1ccccc1F. The Bertz CT molecular complexity index is 1320. The number of hydrogen-bond donors (Lipinski definition) is 1. The third kappa shape index (κ3) is 4.96. The fourth-order valence-corrected chi connectivity index (χ4v) is 4.21. The van der Waals surface area contributed by atoms with Gasteiger partial charge in [0.15, 0.2) is 18.1 Å². The van der Waals surface area contributed by atoms with E-state index < -0.39 is 34.2 Å². The number of Topliss-reactive ketones (excluding diaryl/α,β-unsaturated/α-hetero) is 1. The third-order valence-corrected chi connectivity index (χ3v) is 6.09. The van der Waals surface area contributed by atoms with Gasteiger partial charge in [0.25, 0.3) is 10.0 Å². The standard InChI is InChI=1S/C23H18FNO7S/c24-18-7-3-1-5-16(18)20(26)14-32-23(27)17-6-2-4-8-19(17)25-33(28,29)15-9-10-21-22(13-15)31-12-11-30-21/h1-10,13,25H,11-12,14H2. The van der Waals surface area contributed by atoms with Gasteiger partial charge in [0, 0.05) is 6.07 Å². The monoisotopic (exact) mass is 471 g/mol. The highest BCUT2D eigenvalue weighted by Crippen LogP contribution is 2.33. The lowest BCUT2D eigenvalue weighted by molar-refractivity contribution is 0.0474. The Labute approximate surface area is 189 Å². The van der Waals surface area contributed by atoms with Gasteiger partial charge in [0.05, 0.1) is 21.7 Å². The number of carbonyl (C=O) groups excluding carboxylic acids is 2. The van der Waals surface area contributed by atoms with Gasteiger partial charge in [-0.25, -0.2) is 17.6 Å². The molecule has 0 aromatic heterocycles. The Morgan fingerprint density at radius 2 is 1.58 bits per heavy atom. The smallest absolute Gasteiger partial charge is 0.340 e. The highest BCUT2D eigenvalue weighted by Gasteiger charge is 2.23. The van der Waals surface area contributed by atoms with E-state index in [1.54, 1.807) is 0 Å². The van der Waals surface area contributed by atoms with Crippen molar-refractivity contribution < 1.29 is 36.6 Å². The van der Waals surface area contributed by atoms with Crippen LogP contribution in [0, 0.1) is 5.82 Å². The molecule has 170 valence electrons. The number of benzene rings is 3. The van der Waals surface area contributed by atoms with Crippen LogP contribution in [0.3, 0.4) is 0 Å². The predicted molar refractivity (Wildman–Crippen MR) is 116 cm³/mol. The van der Waals surface area contributed by atoms with Gasteiger partial charge in [-0.1, -0.05) is 24.3 Å². The molecule has 0 atom stereocenters. The lowest BCUT2D eigenvalue weighted by Crippen LogP contribution is -2.19. The summed E-state index contributed by atoms with van der Waals surface area (Å²) in [5.41, 5.74) is -0.367. The van der Waals surface area contributed by atoms with E-state index >= 15 is 0 Å². The second-order valence-corrected chi connectivity index (χ2v) is 8.62. The molecule has 3 aromatic carbocycles. The largest absolute Gasteiger partial charge is 0.486 e. The Kier molecular flexibility index (Phi) is 6.27. The zero-order valence-corrected chi connectivity index (χ0v) is 17.9. The minimum absolute atomic E-state index is 0.0456. The zero-order chi connectivity index (χ0) is 23.4. The van der Waals surface area contributed by atoms with Crippen molar-refractivity contribution in [2.45, 2.75) is 4.90 Å². The molecular formula is C23H18FNO7S. The maximum Gasteiger partial charge on any atom is 0.340 e. The summed E-state index contributed by atoms with van der Waals surface area (Å²) in [6.45, 7) is -0.0422. The van der Waals surface area contributed by atoms with Crippen LogP contribution in [0.1, 0.15) is 20.7 Å². The van der Waals surface area contributed by atoms with Crippen molar-refractivity contribution in [3.63, 3.8) is 0 Å². The summed E-state index contributed by atoms with van der Waals surface area (Å²) in [5.74, 6) is -1.67. The van der Waals surface area contributed by atoms with Crippen LogP contribution in [0.25, 0.3) is 0 Å². The van der Waals surface area contributed by atoms with Crippen LogP contribution in [0.2, 0.25) is 0 Å². The van der Waals surface area contributed by atoms with Gasteiger partial charge in [-0.15, -0.1) is 0 Å². The molecule has 0 amide bonds. The molecule has 1 heterocycles. The predicted octanol–water partition coefficient (Wildman–Crippen LogP) is 3.44. The van der Waals surface area contributed by atoms with Crippen LogP contribution in [0.15, 0.2) is 71.6 Å². The van der Waals surface area contributed by atoms with Crippen LogP contribution in [0.5, 0.6) is 11.5 Å². The molecule has 0 aliphatic carbocycles. The Balaban J connectivity index is 1.50. The Morgan fingerprint density at radius 1 is 0.909 bits per heavy atom. The van der Waals surface area contributed by atoms with Gasteiger partial charge in [0.2, 0.25) is 5.78 Å². The number of esters is 1. The zero-order valence-electron chi connectivity index (χ0n) is 17.1. The van der Waals surface area contributed by atoms with E-state index in [4.69, 9.17) is 14.2 Å². The fourth-order valence-electron chi connectivity index (χ4n) is 3.12. The van der Waals surface area contributed by atoms with Crippen molar-refractivity contribution in [3.05, 3.63) is 83.7 Å². The number of ketones is 1. The summed E-state index contributed by atoms with van der Waals surface area (Å²) in [6.07, 6.45) is 0. The average Bonchev–Trinajstić information content (AvgIpc) is 2.82. The minimum atomic E-state index is -4.09. The first kappa shape index (κ1) is 22.3. The molecule has 0 unspecified atom stereocenters. The maximum atomic E-state index is 13.7. The summed E-state index contributed by atoms with van der Waals surface area (Å²) >= 11 is 0. The van der Waals surface area contributed by atoms with Crippen LogP contribution >= 0.6 is 0 Å². The quantitative estimate of drug-likeness (QED) is 0.415. The van der Waals surface area contributed by atoms with Crippen LogP contribution in [0.4, 0.5) is 10.1 Å². The molecule has 8 nitrogen and oxygen atoms in total. The van der Waals surface area contributed by atoms with Crippen molar-refractivity contribution in [1.29, 1.82) is 0 Å². The van der Waals surface area contributed by atoms with Gasteiger partial charge in [0.1, 0.15) is 19.0 Å². The third-order valence-electron chi connectivity index (χ3n) is 4.72. The molecule has 0 saturated carbocycles. The molecule has 1 N–H and O–H groups in total. The number of halogens is 1. The number of fused-ring (bicyclic) bond motifs is 1. The summed E-state index contributed by atoms with van der Waals surface area (Å²) in [4.78, 5) is 24.6. The molecule has 3 aromatic rings. The molecule has 10 heteroatoms. The minimum Gasteiger partial charge on any atom is -0.486 e. The first-order chi connectivity index (χ1) is 15.8. The molecule has 0 fully saturated rings. The van der Waals surface area contributed by atoms with Crippen molar-refractivity contribution in [1.82, 2.24) is 0 Å². The first-order valence-corrected chi connectivity index (χ1v) is 11.3. The van der Waals surface area contributed by atoms with Gasteiger partial charge >= 0.3 is 5.97 Å². The van der Waals surface area contributed by atoms with Crippen LogP contribution in [-0.4, -0.2) is 40.0 Å². The normalized spacial score (nSPS) is 12.6. The molecule has 0 saturated heterocycles. The molecule has 33 heavy (non-hydrogen) atoms. The second-order valence-electron chi connectivity index (χ2n) is 6.94. The highest BCUT2D eigenvalue weighted by atomic mass is 32.2. The van der Waals surface area contributed by atoms with Gasteiger partial charge in [-0.2, -0.15) is 0 Å². The summed E-state index contributed by atoms with van der Waals surface area (Å²) in [6, 6.07) is 15.2. The number of para-hydroxylation sites is 1. The number of ether oxygens (including phenoxy) is 3. The average molecular weight is 471 g/mol. The lowest BCUT2D eigenvalue weighted by atomic mass is 10.1. The summed E-state index contributed by atoms with van der Waals surface area (Å²) in [7, 11) is -4.09. The molecule has 0 bridgehead atoms. The summed E-state index contributed by atoms with van der Waals surface area (Å²) < 4.78 is 57.7. The van der Waals surface area contributed by atoms with Gasteiger partial charge in [-0.05, 0) is 36.4 Å². The number of anilines is 1. The van der Waals surface area contributed by atoms with E-state index in [2.05, 4.69) is 4.72 Å². The Morgan fingerprint density at radius 3 is 2.33 bits per heavy atom. The second kappa shape index (κ2) is 9.29. The van der Waals surface area contributed by atoms with Crippen LogP contribution in [-0.2, 0) is 14.8 Å². The number of nitrogens with one attached hydrogen (secondary N) is 1. The van der Waals surface area contributed by atoms with E-state index in [0.717, 1.165) is 6.07 Å². The lowest BCUT2D eigenvalue weighted by Gasteiger charge is -2.19. The maximum absolute atomic E-state index is 13.7. The number of carbonyl (C=O) groups is 2. The van der Waals surface area contributed by atoms with Crippen LogP contribution < -0.4 is 14.2 Å². The number of rotatable bonds is 7. The van der Waals surface area contributed by atoms with E-state index in [1.807, 2.05) is 0 Å². The fraction of sp³-hybridized carbons (Fsp3) is 0.130. The molecule has 4 rings (SSSR count). The van der Waals surface area contributed by atoms with E-state index in [1.165, 1.54) is 60.7 Å². The molecular weight excluding hydrogens is 453 g/mol. The summed E-state index contributed by atoms with van der Waals surface area (Å²) in [5, 5.41) is 0. The molecule has 0 spiro atoms. The number of hydrogen-bond acceptors (Lipinski definition) is 7. The van der Waals surface area contributed by atoms with E-state index in [9.17, 15) is 22.4 Å².